The van der Waals surface area contributed by atoms with Crippen LogP contribution in [-0.2, 0) is 37.0 Å². The van der Waals surface area contributed by atoms with E-state index in [0.29, 0.717) is 60.0 Å². The van der Waals surface area contributed by atoms with E-state index in [1.165, 1.54) is 47.9 Å². The van der Waals surface area contributed by atoms with Gasteiger partial charge in [-0.2, -0.15) is 23.5 Å². The second kappa shape index (κ2) is 39.6. The normalized spacial score (nSPS) is 19.7. The van der Waals surface area contributed by atoms with E-state index in [2.05, 4.69) is 169 Å². The molecule has 4 saturated heterocycles. The molecule has 4 aromatic carbocycles. The first kappa shape index (κ1) is 93.4. The lowest BCUT2D eigenvalue weighted by Crippen LogP contribution is -2.49. The van der Waals surface area contributed by atoms with Gasteiger partial charge in [0.15, 0.2) is 33.1 Å². The van der Waals surface area contributed by atoms with Crippen molar-refractivity contribution in [3.8, 4) is 49.4 Å². The number of sulfone groups is 1. The van der Waals surface area contributed by atoms with Crippen LogP contribution in [0.3, 0.4) is 0 Å². The van der Waals surface area contributed by atoms with Gasteiger partial charge >= 0.3 is 0 Å². The summed E-state index contributed by atoms with van der Waals surface area (Å²) >= 11 is 3.77. The highest BCUT2D eigenvalue weighted by molar-refractivity contribution is 7.99. The molecule has 5 amide bonds. The fourth-order valence-electron chi connectivity index (χ4n) is 17.3. The zero-order chi connectivity index (χ0) is 90.7. The van der Waals surface area contributed by atoms with Crippen molar-refractivity contribution in [1.82, 2.24) is 44.8 Å². The van der Waals surface area contributed by atoms with E-state index < -0.39 is 38.1 Å². The van der Waals surface area contributed by atoms with Crippen molar-refractivity contribution in [1.29, 1.82) is 0 Å². The van der Waals surface area contributed by atoms with Crippen LogP contribution in [0.4, 0.5) is 22.7 Å². The van der Waals surface area contributed by atoms with Crippen LogP contribution in [0.1, 0.15) is 293 Å². The highest BCUT2D eigenvalue weighted by atomic mass is 32.2. The number of H-pyrrole nitrogens is 4. The number of rotatable bonds is 16. The third-order valence-electron chi connectivity index (χ3n) is 26.0. The van der Waals surface area contributed by atoms with Crippen molar-refractivity contribution in [2.45, 2.75) is 206 Å². The van der Waals surface area contributed by atoms with Crippen molar-refractivity contribution in [3.05, 3.63) is 212 Å². The first-order valence-electron chi connectivity index (χ1n) is 43.7. The highest BCUT2D eigenvalue weighted by Crippen LogP contribution is 2.48. The Kier molecular flexibility index (Phi) is 29.1. The Balaban J connectivity index is 0.000000145. The molecule has 8 aliphatic rings. The third-order valence-corrected chi connectivity index (χ3v) is 29.7. The van der Waals surface area contributed by atoms with Crippen LogP contribution >= 0.6 is 23.5 Å². The Morgan fingerprint density at radius 3 is 1.00 bits per heavy atom. The summed E-state index contributed by atoms with van der Waals surface area (Å²) < 4.78 is 23.8. The summed E-state index contributed by atoms with van der Waals surface area (Å²) in [5, 5.41) is 45.6. The Morgan fingerprint density at radius 1 is 0.425 bits per heavy atom. The number of benzene rings is 4. The molecule has 16 rings (SSSR count). The Morgan fingerprint density at radius 2 is 0.724 bits per heavy atom. The van der Waals surface area contributed by atoms with E-state index in [0.717, 1.165) is 187 Å². The number of carbonyl (C=O) groups is 5. The standard InChI is InChI=1S/C27H33N5O2.C25H29N3O4S.C25H29N3O2S.C23H25N3O2S/c1-5-21-17-29-24(30-21)25(34)31-23-7-6-20(27(28)12-14-32(15-13-27)18(2)33)16-22(23)19-8-10-26(3,4)11-9-19;1-4-19-16-26-22(27-19)23(29)28-21-6-5-18(25(30)11-13-33(31,32)14-12-25)15-20(21)17-7-9-24(2,3)10-8-17;1-4-19-16-26-22(27-19)23(29)28-21-6-5-18(25(30)11-13-31-14-12-25)15-20(21)17-7-9-24(2,3)10-8-17;1-2-18-15-24-21(25-18)22(27)26-20-9-8-17(23(28)10-12-29-13-11-23)14-19(20)16-6-4-3-5-7-16/h1,6-8,16-17H,9-15,28H2,2-4H3,(H,29,30)(H,31,34);1,5-7,15-16,30H,8-14H2,2-3H3,(H,26,27)(H,28,29);1,5-7,15-16,30H,8-14H2,2-3H3,(H,26,27)(H,28,29);1,6,8-9,14-15,28H,3-5,7,10-13H2,(H,24,25)(H,26,27). The number of nitrogens with one attached hydrogen (secondary N) is 8. The van der Waals surface area contributed by atoms with E-state index in [1.54, 1.807) is 19.1 Å². The third kappa shape index (κ3) is 23.2. The first-order valence-corrected chi connectivity index (χ1v) is 47.9. The number of hydrogen-bond donors (Lipinski definition) is 12. The SMILES string of the molecule is C#Cc1cnc(C(=O)Nc2ccc(C3(N)CCN(C(C)=O)CC3)cc2C2=CCC(C)(C)CC2)[nH]1.C#Cc1cnc(C(=O)Nc2ccc(C3(O)CCS(=O)(=O)CC3)cc2C2=CCC(C)(C)CC2)[nH]1.C#Cc1cnc(C(=O)Nc2ccc(C3(O)CCSCC3)cc2C2=CCC(C)(C)CC2)[nH]1.C#Cc1cnc(C(=O)Nc2ccc(C3(O)CCSCC3)cc2C2=CCCCC2)[nH]1. The molecule has 127 heavy (non-hydrogen) atoms. The number of terminal acetylenes is 4. The molecular weight excluding hydrogens is 1650 g/mol. The number of nitrogens with two attached hydrogens (primary N) is 1. The minimum absolute atomic E-state index is 0.0375. The van der Waals surface area contributed by atoms with Crippen molar-refractivity contribution < 1.29 is 47.7 Å². The van der Waals surface area contributed by atoms with Gasteiger partial charge in [0.05, 0.1) is 53.1 Å². The number of hydrogen-bond acceptors (Lipinski definition) is 17. The number of anilines is 4. The second-order valence-electron chi connectivity index (χ2n) is 36.9. The average Bonchev–Trinajstić information content (AvgIpc) is 1.22. The summed E-state index contributed by atoms with van der Waals surface area (Å²) in [5.41, 5.74) is 21.0. The number of amides is 5. The van der Waals surface area contributed by atoms with E-state index in [-0.39, 0.29) is 87.5 Å². The Labute approximate surface area is 753 Å². The molecule has 27 heteroatoms. The fourth-order valence-corrected chi connectivity index (χ4v) is 21.2. The molecule has 24 nitrogen and oxygen atoms in total. The van der Waals surface area contributed by atoms with E-state index >= 15 is 0 Å². The number of aromatic nitrogens is 8. The summed E-state index contributed by atoms with van der Waals surface area (Å²) in [6.45, 7) is 16.5. The van der Waals surface area contributed by atoms with Gasteiger partial charge in [0.1, 0.15) is 22.8 Å². The lowest BCUT2D eigenvalue weighted by molar-refractivity contribution is -0.130. The molecule has 8 heterocycles. The zero-order valence-electron chi connectivity index (χ0n) is 73.6. The number of aliphatic hydroxyl groups is 3. The summed E-state index contributed by atoms with van der Waals surface area (Å²) in [7, 11) is -3.11. The summed E-state index contributed by atoms with van der Waals surface area (Å²) in [6, 6.07) is 23.3. The zero-order valence-corrected chi connectivity index (χ0v) is 76.0. The summed E-state index contributed by atoms with van der Waals surface area (Å²) in [4.78, 5) is 92.3. The van der Waals surface area contributed by atoms with Gasteiger partial charge < -0.3 is 67.2 Å². The minimum atomic E-state index is -3.11. The quantitative estimate of drug-likeness (QED) is 0.0400. The number of imidazole rings is 4. The highest BCUT2D eigenvalue weighted by Gasteiger charge is 2.41. The van der Waals surface area contributed by atoms with Gasteiger partial charge in [-0.3, -0.25) is 24.0 Å². The van der Waals surface area contributed by atoms with Gasteiger partial charge in [-0.15, -0.1) is 25.7 Å². The number of aromatic amines is 4. The van der Waals surface area contributed by atoms with E-state index in [9.17, 15) is 47.7 Å². The molecule has 664 valence electrons. The smallest absolute Gasteiger partial charge is 0.291 e. The molecule has 8 aromatic rings. The number of allylic oxidation sites excluding steroid dienone is 8. The maximum absolute atomic E-state index is 12.9. The monoisotopic (exact) mass is 1770 g/mol. The Bertz CT molecular complexity index is 5890. The lowest BCUT2D eigenvalue weighted by Gasteiger charge is -2.39. The van der Waals surface area contributed by atoms with Crippen molar-refractivity contribution >= 4 is 108 Å². The van der Waals surface area contributed by atoms with E-state index in [4.69, 9.17) is 31.4 Å². The lowest BCUT2D eigenvalue weighted by atomic mass is 9.75. The second-order valence-corrected chi connectivity index (χ2v) is 41.7. The van der Waals surface area contributed by atoms with Crippen LogP contribution in [0.15, 0.2) is 122 Å². The van der Waals surface area contributed by atoms with Crippen LogP contribution in [0, 0.1) is 65.6 Å². The van der Waals surface area contributed by atoms with Crippen LogP contribution < -0.4 is 27.0 Å². The summed E-state index contributed by atoms with van der Waals surface area (Å²) in [6.07, 6.45) is 54.1. The predicted molar refractivity (Wildman–Crippen MR) is 507 cm³/mol. The molecule has 4 aliphatic heterocycles. The maximum Gasteiger partial charge on any atom is 0.291 e. The molecule has 0 spiro atoms. The molecule has 0 unspecified atom stereocenters. The van der Waals surface area contributed by atoms with Crippen LogP contribution in [0.5, 0.6) is 0 Å². The molecule has 4 fully saturated rings. The molecule has 0 radical (unpaired) electrons. The van der Waals surface area contributed by atoms with Crippen molar-refractivity contribution in [2.24, 2.45) is 22.0 Å². The number of thioether (sulfide) groups is 2. The van der Waals surface area contributed by atoms with Crippen LogP contribution in [0.25, 0.3) is 22.3 Å². The molecular formula is C100H116N14O10S3. The number of piperidine rings is 1. The van der Waals surface area contributed by atoms with Gasteiger partial charge in [0, 0.05) is 70.6 Å². The molecule has 13 N–H and O–H groups in total. The predicted octanol–water partition coefficient (Wildman–Crippen LogP) is 16.9. The number of likely N-dealkylation sites (tertiary alicyclic amines) is 1. The van der Waals surface area contributed by atoms with Crippen LogP contribution in [-0.4, -0.2) is 146 Å². The topological polar surface area (TPSA) is 372 Å². The van der Waals surface area contributed by atoms with Crippen LogP contribution in [0.2, 0.25) is 0 Å². The molecule has 4 aromatic heterocycles. The van der Waals surface area contributed by atoms with E-state index in [1.807, 2.05) is 70.9 Å². The Hall–Kier alpha value is -11.2. The van der Waals surface area contributed by atoms with Gasteiger partial charge in [0.25, 0.3) is 23.6 Å². The van der Waals surface area contributed by atoms with Crippen molar-refractivity contribution in [2.75, 3.05) is 68.9 Å². The van der Waals surface area contributed by atoms with Gasteiger partial charge in [-0.1, -0.05) is 114 Å². The largest absolute Gasteiger partial charge is 0.385 e. The maximum atomic E-state index is 12.9. The van der Waals surface area contributed by atoms with Gasteiger partial charge in [-0.05, 0) is 267 Å². The summed E-state index contributed by atoms with van der Waals surface area (Å²) in [5.74, 6) is 12.8. The van der Waals surface area contributed by atoms with Crippen molar-refractivity contribution in [3.63, 3.8) is 0 Å². The number of nitrogens with zero attached hydrogens (tertiary/aromatic N) is 5. The molecule has 0 saturated carbocycles. The first-order chi connectivity index (χ1) is 60.5. The molecule has 4 aliphatic carbocycles. The average molecular weight is 1770 g/mol. The van der Waals surface area contributed by atoms with Gasteiger partial charge in [0.2, 0.25) is 5.91 Å². The van der Waals surface area contributed by atoms with Gasteiger partial charge in [-0.25, -0.2) is 28.4 Å². The molecule has 0 bridgehead atoms. The fraction of sp³-hybridized carbons (Fsp3) is 0.430. The number of carbonyl (C=O) groups excluding carboxylic acids is 5. The molecule has 0 atom stereocenters. The minimum Gasteiger partial charge on any atom is -0.385 e.